The number of amides is 1. The first-order valence-electron chi connectivity index (χ1n) is 5.77. The maximum Gasteiger partial charge on any atom is 0.303 e. The van der Waals surface area contributed by atoms with Crippen molar-refractivity contribution in [2.45, 2.75) is 33.1 Å². The molecular weight excluding hydrogens is 210 g/mol. The zero-order valence-electron chi connectivity index (χ0n) is 10.1. The molecule has 0 aromatic heterocycles. The monoisotopic (exact) mass is 231 g/mol. The second-order valence-corrected chi connectivity index (χ2v) is 3.24. The molecule has 5 nitrogen and oxygen atoms in total. The van der Waals surface area contributed by atoms with E-state index in [1.165, 1.54) is 0 Å². The van der Waals surface area contributed by atoms with Crippen LogP contribution in [0.4, 0.5) is 0 Å². The van der Waals surface area contributed by atoms with E-state index >= 15 is 0 Å². The number of aliphatic carboxylic acids is 1. The van der Waals surface area contributed by atoms with E-state index in [0.717, 1.165) is 0 Å². The van der Waals surface area contributed by atoms with Crippen LogP contribution in [0.25, 0.3) is 0 Å². The fraction of sp³-hybridized carbons (Fsp3) is 0.818. The molecule has 0 saturated carbocycles. The molecule has 0 aromatic rings. The van der Waals surface area contributed by atoms with Crippen LogP contribution in [-0.2, 0) is 14.3 Å². The predicted molar refractivity (Wildman–Crippen MR) is 60.2 cm³/mol. The van der Waals surface area contributed by atoms with Crippen LogP contribution < -0.4 is 0 Å². The number of hydrogen-bond acceptors (Lipinski definition) is 3. The summed E-state index contributed by atoms with van der Waals surface area (Å²) in [6, 6.07) is 0. The number of ether oxygens (including phenoxy) is 1. The van der Waals surface area contributed by atoms with Crippen molar-refractivity contribution >= 4 is 11.9 Å². The van der Waals surface area contributed by atoms with Gasteiger partial charge < -0.3 is 14.7 Å². The molecular formula is C11H21NO4. The predicted octanol–water partition coefficient (Wildman–Crippen LogP) is 1.13. The highest BCUT2D eigenvalue weighted by atomic mass is 16.5. The van der Waals surface area contributed by atoms with Gasteiger partial charge in [-0.05, 0) is 6.42 Å². The topological polar surface area (TPSA) is 66.8 Å². The Morgan fingerprint density at radius 1 is 1.19 bits per heavy atom. The van der Waals surface area contributed by atoms with E-state index in [0.29, 0.717) is 39.1 Å². The molecule has 0 aliphatic carbocycles. The van der Waals surface area contributed by atoms with Crippen LogP contribution in [0.5, 0.6) is 0 Å². The molecule has 1 heterocycles. The van der Waals surface area contributed by atoms with Crippen molar-refractivity contribution in [2.24, 2.45) is 0 Å². The average Bonchev–Trinajstić information content (AvgIpc) is 2.32. The first kappa shape index (κ1) is 14.9. The summed E-state index contributed by atoms with van der Waals surface area (Å²) < 4.78 is 5.10. The van der Waals surface area contributed by atoms with Crippen molar-refractivity contribution in [1.29, 1.82) is 0 Å². The molecule has 0 spiro atoms. The minimum atomic E-state index is -0.847. The Morgan fingerprint density at radius 2 is 1.75 bits per heavy atom. The molecule has 1 saturated heterocycles. The number of morpholine rings is 1. The van der Waals surface area contributed by atoms with E-state index in [-0.39, 0.29) is 12.3 Å². The Bertz CT molecular complexity index is 212. The molecule has 1 rings (SSSR count). The van der Waals surface area contributed by atoms with E-state index < -0.39 is 5.97 Å². The number of nitrogens with zero attached hydrogens (tertiary/aromatic N) is 1. The lowest BCUT2D eigenvalue weighted by Gasteiger charge is -2.26. The van der Waals surface area contributed by atoms with Gasteiger partial charge in [-0.15, -0.1) is 0 Å². The summed E-state index contributed by atoms with van der Waals surface area (Å²) in [6.45, 7) is 6.44. The quantitative estimate of drug-likeness (QED) is 0.787. The molecule has 5 heteroatoms. The largest absolute Gasteiger partial charge is 0.481 e. The lowest BCUT2D eigenvalue weighted by atomic mass is 10.2. The van der Waals surface area contributed by atoms with Crippen LogP contribution in [0, 0.1) is 0 Å². The minimum absolute atomic E-state index is 0.0366. The molecule has 1 aliphatic rings. The molecule has 1 fully saturated rings. The number of carbonyl (C=O) groups is 2. The van der Waals surface area contributed by atoms with Gasteiger partial charge in [-0.3, -0.25) is 9.59 Å². The van der Waals surface area contributed by atoms with Gasteiger partial charge >= 0.3 is 5.97 Å². The first-order chi connectivity index (χ1) is 7.70. The van der Waals surface area contributed by atoms with Crippen molar-refractivity contribution in [2.75, 3.05) is 26.3 Å². The highest BCUT2D eigenvalue weighted by Gasteiger charge is 2.16. The first-order valence-corrected chi connectivity index (χ1v) is 5.77. The van der Waals surface area contributed by atoms with Gasteiger partial charge in [0.25, 0.3) is 0 Å². The van der Waals surface area contributed by atoms with Gasteiger partial charge in [0.15, 0.2) is 0 Å². The summed E-state index contributed by atoms with van der Waals surface area (Å²) in [4.78, 5) is 23.4. The van der Waals surface area contributed by atoms with E-state index in [9.17, 15) is 9.59 Å². The number of carboxylic acid groups (broad SMARTS) is 1. The second-order valence-electron chi connectivity index (χ2n) is 3.24. The highest BCUT2D eigenvalue weighted by molar-refractivity contribution is 5.77. The van der Waals surface area contributed by atoms with Crippen LogP contribution in [0.1, 0.15) is 33.1 Å². The fourth-order valence-electron chi connectivity index (χ4n) is 1.36. The van der Waals surface area contributed by atoms with Gasteiger partial charge in [-0.1, -0.05) is 13.8 Å². The second kappa shape index (κ2) is 9.15. The SMILES string of the molecule is CC.O=C(O)CCCC(=O)N1CCOCC1. The molecule has 1 aliphatic heterocycles. The lowest BCUT2D eigenvalue weighted by Crippen LogP contribution is -2.40. The van der Waals surface area contributed by atoms with Crippen molar-refractivity contribution in [1.82, 2.24) is 4.90 Å². The van der Waals surface area contributed by atoms with Gasteiger partial charge in [0.05, 0.1) is 13.2 Å². The summed E-state index contributed by atoms with van der Waals surface area (Å²) in [6.07, 6.45) is 0.813. The number of carbonyl (C=O) groups excluding carboxylic acids is 1. The van der Waals surface area contributed by atoms with Crippen molar-refractivity contribution < 1.29 is 19.4 Å². The Morgan fingerprint density at radius 3 is 2.25 bits per heavy atom. The van der Waals surface area contributed by atoms with Crippen molar-refractivity contribution in [3.8, 4) is 0 Å². The number of rotatable bonds is 4. The zero-order valence-corrected chi connectivity index (χ0v) is 10.1. The summed E-state index contributed by atoms with van der Waals surface area (Å²) in [5.41, 5.74) is 0. The summed E-state index contributed by atoms with van der Waals surface area (Å²) in [5, 5.41) is 8.39. The van der Waals surface area contributed by atoms with Gasteiger partial charge in [0.1, 0.15) is 0 Å². The van der Waals surface area contributed by atoms with Gasteiger partial charge in [0, 0.05) is 25.9 Å². The fourth-order valence-corrected chi connectivity index (χ4v) is 1.36. The normalized spacial score (nSPS) is 15.0. The Balaban J connectivity index is 0.00000106. The molecule has 0 aromatic carbocycles. The molecule has 0 atom stereocenters. The maximum atomic E-state index is 11.5. The maximum absolute atomic E-state index is 11.5. The summed E-state index contributed by atoms with van der Waals surface area (Å²) >= 11 is 0. The van der Waals surface area contributed by atoms with Gasteiger partial charge in [-0.25, -0.2) is 0 Å². The average molecular weight is 231 g/mol. The molecule has 0 unspecified atom stereocenters. The minimum Gasteiger partial charge on any atom is -0.481 e. The van der Waals surface area contributed by atoms with Crippen LogP contribution in [-0.4, -0.2) is 48.2 Å². The smallest absolute Gasteiger partial charge is 0.303 e. The van der Waals surface area contributed by atoms with Crippen LogP contribution in [0.2, 0.25) is 0 Å². The molecule has 1 amide bonds. The van der Waals surface area contributed by atoms with Crippen molar-refractivity contribution in [3.05, 3.63) is 0 Å². The van der Waals surface area contributed by atoms with E-state index in [4.69, 9.17) is 9.84 Å². The number of hydrogen-bond donors (Lipinski definition) is 1. The third kappa shape index (κ3) is 6.40. The van der Waals surface area contributed by atoms with Crippen LogP contribution >= 0.6 is 0 Å². The number of carboxylic acids is 1. The third-order valence-electron chi connectivity index (χ3n) is 2.15. The van der Waals surface area contributed by atoms with E-state index in [1.54, 1.807) is 4.90 Å². The van der Waals surface area contributed by atoms with Crippen LogP contribution in [0.15, 0.2) is 0 Å². The zero-order chi connectivity index (χ0) is 12.4. The molecule has 0 bridgehead atoms. The van der Waals surface area contributed by atoms with Gasteiger partial charge in [-0.2, -0.15) is 0 Å². The van der Waals surface area contributed by atoms with Crippen molar-refractivity contribution in [3.63, 3.8) is 0 Å². The Kier molecular flexibility index (Phi) is 8.52. The van der Waals surface area contributed by atoms with E-state index in [2.05, 4.69) is 0 Å². The summed E-state index contributed by atoms with van der Waals surface area (Å²) in [5.74, 6) is -0.811. The lowest BCUT2D eigenvalue weighted by molar-refractivity contribution is -0.138. The third-order valence-corrected chi connectivity index (χ3v) is 2.15. The standard InChI is InChI=1S/C9H15NO4.C2H6/c11-8(2-1-3-9(12)13)10-4-6-14-7-5-10;1-2/h1-7H2,(H,12,13);1-2H3. The van der Waals surface area contributed by atoms with Gasteiger partial charge in [0.2, 0.25) is 5.91 Å². The molecule has 1 N–H and O–H groups in total. The highest BCUT2D eigenvalue weighted by Crippen LogP contribution is 2.03. The summed E-state index contributed by atoms with van der Waals surface area (Å²) in [7, 11) is 0. The molecule has 0 radical (unpaired) electrons. The Hall–Kier alpha value is -1.10. The van der Waals surface area contributed by atoms with Crippen LogP contribution in [0.3, 0.4) is 0 Å². The molecule has 94 valence electrons. The molecule has 16 heavy (non-hydrogen) atoms. The van der Waals surface area contributed by atoms with E-state index in [1.807, 2.05) is 13.8 Å². The Labute approximate surface area is 96.4 Å².